The van der Waals surface area contributed by atoms with Crippen molar-refractivity contribution in [3.05, 3.63) is 29.1 Å². The molecule has 2 aromatic heterocycles. The van der Waals surface area contributed by atoms with Crippen LogP contribution in [0.3, 0.4) is 0 Å². The first-order chi connectivity index (χ1) is 8.17. The van der Waals surface area contributed by atoms with Crippen LogP contribution in [0.4, 0.5) is 0 Å². The third kappa shape index (κ3) is 2.20. The van der Waals surface area contributed by atoms with Crippen LogP contribution in [0.15, 0.2) is 6.33 Å². The Morgan fingerprint density at radius 2 is 2.06 bits per heavy atom. The fourth-order valence-corrected chi connectivity index (χ4v) is 2.28. The van der Waals surface area contributed by atoms with E-state index < -0.39 is 0 Å². The van der Waals surface area contributed by atoms with E-state index in [-0.39, 0.29) is 0 Å². The number of halogens is 1. The van der Waals surface area contributed by atoms with Crippen molar-refractivity contribution in [2.75, 3.05) is 0 Å². The summed E-state index contributed by atoms with van der Waals surface area (Å²) in [7, 11) is 0. The number of aryl methyl sites for hydroxylation is 2. The summed E-state index contributed by atoms with van der Waals surface area (Å²) >= 11 is 5.90. The highest BCUT2D eigenvalue weighted by Gasteiger charge is 2.12. The van der Waals surface area contributed by atoms with E-state index in [0.29, 0.717) is 12.4 Å². The van der Waals surface area contributed by atoms with Crippen LogP contribution in [0.1, 0.15) is 29.7 Å². The highest BCUT2D eigenvalue weighted by atomic mass is 35.5. The molecule has 0 atom stereocenters. The Labute approximate surface area is 105 Å². The molecule has 0 spiro atoms. The second-order valence-corrected chi connectivity index (χ2v) is 4.20. The standard InChI is InChI=1S/C11H16ClN5/c1-4-16-11(13-7-14-16)6-17-9(3)10(5-12)8(2)15-17/h7H,4-6H2,1-3H3. The zero-order valence-corrected chi connectivity index (χ0v) is 11.1. The molecule has 0 bridgehead atoms. The van der Waals surface area contributed by atoms with Gasteiger partial charge in [-0.1, -0.05) is 0 Å². The van der Waals surface area contributed by atoms with Gasteiger partial charge < -0.3 is 0 Å². The number of hydrogen-bond acceptors (Lipinski definition) is 3. The average Bonchev–Trinajstić information content (AvgIpc) is 2.85. The predicted octanol–water partition coefficient (Wildman–Crippen LogP) is 1.90. The Hall–Kier alpha value is -1.36. The molecular weight excluding hydrogens is 238 g/mol. The molecule has 6 heteroatoms. The molecule has 0 saturated heterocycles. The summed E-state index contributed by atoms with van der Waals surface area (Å²) in [5, 5.41) is 8.63. The average molecular weight is 254 g/mol. The molecule has 2 rings (SSSR count). The van der Waals surface area contributed by atoms with Gasteiger partial charge >= 0.3 is 0 Å². The molecule has 0 aliphatic rings. The molecule has 92 valence electrons. The van der Waals surface area contributed by atoms with Crippen molar-refractivity contribution < 1.29 is 0 Å². The minimum atomic E-state index is 0.498. The van der Waals surface area contributed by atoms with E-state index in [1.54, 1.807) is 6.33 Å². The third-order valence-corrected chi connectivity index (χ3v) is 3.22. The van der Waals surface area contributed by atoms with Crippen molar-refractivity contribution in [2.24, 2.45) is 0 Å². The van der Waals surface area contributed by atoms with Gasteiger partial charge in [-0.15, -0.1) is 11.6 Å². The van der Waals surface area contributed by atoms with E-state index in [2.05, 4.69) is 15.2 Å². The molecule has 2 aromatic rings. The van der Waals surface area contributed by atoms with Gasteiger partial charge in [-0.25, -0.2) is 9.67 Å². The number of hydrogen-bond donors (Lipinski definition) is 0. The van der Waals surface area contributed by atoms with Gasteiger partial charge in [-0.2, -0.15) is 10.2 Å². The van der Waals surface area contributed by atoms with Gasteiger partial charge in [0, 0.05) is 17.8 Å². The van der Waals surface area contributed by atoms with E-state index >= 15 is 0 Å². The number of nitrogens with zero attached hydrogens (tertiary/aromatic N) is 5. The Morgan fingerprint density at radius 1 is 1.29 bits per heavy atom. The molecule has 17 heavy (non-hydrogen) atoms. The van der Waals surface area contributed by atoms with E-state index in [4.69, 9.17) is 11.6 Å². The molecular formula is C11H16ClN5. The van der Waals surface area contributed by atoms with Crippen LogP contribution in [-0.4, -0.2) is 24.5 Å². The lowest BCUT2D eigenvalue weighted by atomic mass is 10.2. The van der Waals surface area contributed by atoms with Crippen LogP contribution in [0.5, 0.6) is 0 Å². The molecule has 0 unspecified atom stereocenters. The van der Waals surface area contributed by atoms with Crippen molar-refractivity contribution in [2.45, 2.75) is 39.7 Å². The molecule has 0 fully saturated rings. The van der Waals surface area contributed by atoms with Crippen LogP contribution >= 0.6 is 11.6 Å². The molecule has 0 aromatic carbocycles. The van der Waals surface area contributed by atoms with Gasteiger partial charge in [0.05, 0.1) is 11.6 Å². The van der Waals surface area contributed by atoms with Gasteiger partial charge in [0.1, 0.15) is 18.7 Å². The quantitative estimate of drug-likeness (QED) is 0.782. The summed E-state index contributed by atoms with van der Waals surface area (Å²) in [6, 6.07) is 0. The first kappa shape index (κ1) is 12.1. The van der Waals surface area contributed by atoms with Crippen molar-refractivity contribution in [1.82, 2.24) is 24.5 Å². The molecule has 0 aliphatic heterocycles. The van der Waals surface area contributed by atoms with Crippen LogP contribution in [-0.2, 0) is 19.0 Å². The first-order valence-electron chi connectivity index (χ1n) is 5.62. The van der Waals surface area contributed by atoms with Gasteiger partial charge in [0.25, 0.3) is 0 Å². The lowest BCUT2D eigenvalue weighted by Gasteiger charge is -2.05. The molecule has 0 radical (unpaired) electrons. The Kier molecular flexibility index (Phi) is 3.47. The first-order valence-corrected chi connectivity index (χ1v) is 6.16. The van der Waals surface area contributed by atoms with Crippen LogP contribution < -0.4 is 0 Å². The van der Waals surface area contributed by atoms with Crippen LogP contribution in [0.25, 0.3) is 0 Å². The molecule has 5 nitrogen and oxygen atoms in total. The SMILES string of the molecule is CCn1ncnc1Cn1nc(C)c(CCl)c1C. The smallest absolute Gasteiger partial charge is 0.148 e. The van der Waals surface area contributed by atoms with Gasteiger partial charge in [0.15, 0.2) is 0 Å². The molecule has 0 N–H and O–H groups in total. The predicted molar refractivity (Wildman–Crippen MR) is 66.1 cm³/mol. The maximum Gasteiger partial charge on any atom is 0.148 e. The van der Waals surface area contributed by atoms with Crippen molar-refractivity contribution in [3.8, 4) is 0 Å². The Balaban J connectivity index is 2.30. The van der Waals surface area contributed by atoms with E-state index in [1.165, 1.54) is 0 Å². The maximum absolute atomic E-state index is 5.90. The fourth-order valence-electron chi connectivity index (χ4n) is 1.89. The second-order valence-electron chi connectivity index (χ2n) is 3.93. The third-order valence-electron chi connectivity index (χ3n) is 2.95. The zero-order valence-electron chi connectivity index (χ0n) is 10.3. The van der Waals surface area contributed by atoms with E-state index in [1.807, 2.05) is 30.1 Å². The summed E-state index contributed by atoms with van der Waals surface area (Å²) in [6.07, 6.45) is 1.58. The molecule has 2 heterocycles. The topological polar surface area (TPSA) is 48.5 Å². The summed E-state index contributed by atoms with van der Waals surface area (Å²) < 4.78 is 3.81. The van der Waals surface area contributed by atoms with E-state index in [0.717, 1.165) is 29.3 Å². The van der Waals surface area contributed by atoms with Crippen molar-refractivity contribution in [3.63, 3.8) is 0 Å². The maximum atomic E-state index is 5.90. The summed E-state index contributed by atoms with van der Waals surface area (Å²) in [4.78, 5) is 4.25. The van der Waals surface area contributed by atoms with Crippen LogP contribution in [0.2, 0.25) is 0 Å². The minimum Gasteiger partial charge on any atom is -0.262 e. The molecule has 0 amide bonds. The zero-order chi connectivity index (χ0) is 12.4. The van der Waals surface area contributed by atoms with Crippen molar-refractivity contribution in [1.29, 1.82) is 0 Å². The van der Waals surface area contributed by atoms with E-state index in [9.17, 15) is 0 Å². The molecule has 0 aliphatic carbocycles. The van der Waals surface area contributed by atoms with Crippen molar-refractivity contribution >= 4 is 11.6 Å². The lowest BCUT2D eigenvalue weighted by Crippen LogP contribution is -2.11. The highest BCUT2D eigenvalue weighted by Crippen LogP contribution is 2.16. The van der Waals surface area contributed by atoms with Gasteiger partial charge in [-0.05, 0) is 20.8 Å². The molecule has 0 saturated carbocycles. The summed E-state index contributed by atoms with van der Waals surface area (Å²) in [5.41, 5.74) is 3.19. The number of aromatic nitrogens is 5. The largest absolute Gasteiger partial charge is 0.262 e. The lowest BCUT2D eigenvalue weighted by molar-refractivity contribution is 0.559. The highest BCUT2D eigenvalue weighted by molar-refractivity contribution is 6.17. The number of alkyl halides is 1. The normalized spacial score (nSPS) is 11.1. The Morgan fingerprint density at radius 3 is 2.65 bits per heavy atom. The minimum absolute atomic E-state index is 0.498. The summed E-state index contributed by atoms with van der Waals surface area (Å²) in [6.45, 7) is 7.51. The van der Waals surface area contributed by atoms with Gasteiger partial charge in [0.2, 0.25) is 0 Å². The van der Waals surface area contributed by atoms with Crippen LogP contribution in [0, 0.1) is 13.8 Å². The summed E-state index contributed by atoms with van der Waals surface area (Å²) in [5.74, 6) is 1.41. The monoisotopic (exact) mass is 253 g/mol. The Bertz CT molecular complexity index is 514. The number of rotatable bonds is 4. The fraction of sp³-hybridized carbons (Fsp3) is 0.545. The van der Waals surface area contributed by atoms with Gasteiger partial charge in [-0.3, -0.25) is 4.68 Å². The second kappa shape index (κ2) is 4.87.